The van der Waals surface area contributed by atoms with Crippen molar-refractivity contribution >= 4 is 0 Å². The maximum atomic E-state index is 6.70. The van der Waals surface area contributed by atoms with Crippen LogP contribution in [0.1, 0.15) is 47.8 Å². The van der Waals surface area contributed by atoms with Gasteiger partial charge < -0.3 is 9.47 Å². The van der Waals surface area contributed by atoms with Crippen LogP contribution in [0.15, 0.2) is 18.3 Å². The average Bonchev–Trinajstić information content (AvgIpc) is 3.25. The number of H-pyrrole nitrogens is 1. The molecule has 3 aliphatic carbocycles. The number of aromatic nitrogens is 2. The second kappa shape index (κ2) is 4.88. The fourth-order valence-electron chi connectivity index (χ4n) is 6.77. The van der Waals surface area contributed by atoms with E-state index in [0.717, 1.165) is 30.3 Å². The number of ether oxygens (including phenoxy) is 2. The third-order valence-corrected chi connectivity index (χ3v) is 8.08. The Morgan fingerprint density at radius 2 is 2.22 bits per heavy atom. The first-order chi connectivity index (χ1) is 13.3. The summed E-state index contributed by atoms with van der Waals surface area (Å²) in [7, 11) is 1.75. The van der Waals surface area contributed by atoms with E-state index in [0.29, 0.717) is 12.0 Å². The van der Waals surface area contributed by atoms with Gasteiger partial charge in [0, 0.05) is 23.6 Å². The van der Waals surface area contributed by atoms with E-state index >= 15 is 0 Å². The highest BCUT2D eigenvalue weighted by Gasteiger charge is 2.65. The predicted octanol–water partition coefficient (Wildman–Crippen LogP) is 3.00. The van der Waals surface area contributed by atoms with Crippen LogP contribution in [0.5, 0.6) is 11.5 Å². The summed E-state index contributed by atoms with van der Waals surface area (Å²) < 4.78 is 12.4. The molecule has 4 unspecified atom stereocenters. The van der Waals surface area contributed by atoms with Gasteiger partial charge in [-0.2, -0.15) is 5.10 Å². The highest BCUT2D eigenvalue weighted by Crippen LogP contribution is 2.67. The van der Waals surface area contributed by atoms with Crippen LogP contribution in [0.3, 0.4) is 0 Å². The summed E-state index contributed by atoms with van der Waals surface area (Å²) in [5, 5.41) is 7.68. The molecule has 2 fully saturated rings. The standard InChI is InChI=1S/C22H25N3O2/c1-26-17-5-4-13-9-16-15-8-14-10-23-24-19(14)21-22(15,18(13)20(17)27-21)6-7-25(16)11-12-2-3-12/h4-5,10,12,15-16,21H,2-3,6-9,11H2,1H3,(H,23,24). The normalized spacial score (nSPS) is 35.4. The van der Waals surface area contributed by atoms with Crippen LogP contribution in [-0.4, -0.2) is 41.3 Å². The molecule has 1 aromatic heterocycles. The molecule has 0 radical (unpaired) electrons. The molecule has 5 aliphatic rings. The summed E-state index contributed by atoms with van der Waals surface area (Å²) in [6.45, 7) is 2.48. The fraction of sp³-hybridized carbons (Fsp3) is 0.591. The minimum atomic E-state index is 0.0599. The zero-order valence-electron chi connectivity index (χ0n) is 15.7. The molecule has 3 heterocycles. The van der Waals surface area contributed by atoms with Crippen molar-refractivity contribution in [2.24, 2.45) is 11.8 Å². The summed E-state index contributed by atoms with van der Waals surface area (Å²) in [5.41, 5.74) is 5.58. The number of hydrogen-bond acceptors (Lipinski definition) is 4. The van der Waals surface area contributed by atoms with Gasteiger partial charge in [-0.1, -0.05) is 6.07 Å². The van der Waals surface area contributed by atoms with E-state index < -0.39 is 0 Å². The van der Waals surface area contributed by atoms with E-state index in [9.17, 15) is 0 Å². The number of piperidine rings is 1. The van der Waals surface area contributed by atoms with Gasteiger partial charge in [-0.25, -0.2) is 0 Å². The third kappa shape index (κ3) is 1.73. The largest absolute Gasteiger partial charge is 0.493 e. The molecular weight excluding hydrogens is 338 g/mol. The number of benzene rings is 1. The zero-order valence-corrected chi connectivity index (χ0v) is 15.7. The van der Waals surface area contributed by atoms with Gasteiger partial charge in [0.1, 0.15) is 0 Å². The topological polar surface area (TPSA) is 50.4 Å². The van der Waals surface area contributed by atoms with Crippen LogP contribution >= 0.6 is 0 Å². The smallest absolute Gasteiger partial charge is 0.166 e. The zero-order chi connectivity index (χ0) is 17.8. The average molecular weight is 363 g/mol. The number of nitrogens with zero attached hydrogens (tertiary/aromatic N) is 2. The maximum absolute atomic E-state index is 6.70. The molecule has 1 saturated carbocycles. The minimum absolute atomic E-state index is 0.0599. The number of fused-ring (bicyclic) bond motifs is 2. The monoisotopic (exact) mass is 363 g/mol. The summed E-state index contributed by atoms with van der Waals surface area (Å²) in [6, 6.07) is 5.04. The number of aromatic amines is 1. The lowest BCUT2D eigenvalue weighted by molar-refractivity contribution is -0.0374. The first kappa shape index (κ1) is 15.0. The Hall–Kier alpha value is -2.01. The molecule has 4 atom stereocenters. The van der Waals surface area contributed by atoms with Crippen molar-refractivity contribution in [3.05, 3.63) is 40.7 Å². The summed E-state index contributed by atoms with van der Waals surface area (Å²) in [6.07, 6.45) is 8.38. The minimum Gasteiger partial charge on any atom is -0.493 e. The van der Waals surface area contributed by atoms with E-state index in [4.69, 9.17) is 9.47 Å². The van der Waals surface area contributed by atoms with Crippen molar-refractivity contribution in [1.29, 1.82) is 0 Å². The number of nitrogens with one attached hydrogen (secondary N) is 1. The molecule has 7 rings (SSSR count). The number of hydrogen-bond donors (Lipinski definition) is 1. The molecule has 1 N–H and O–H groups in total. The molecule has 2 aliphatic heterocycles. The molecule has 5 heteroatoms. The van der Waals surface area contributed by atoms with Gasteiger partial charge in [-0.3, -0.25) is 10.00 Å². The van der Waals surface area contributed by atoms with E-state index in [2.05, 4.69) is 27.2 Å². The second-order valence-electron chi connectivity index (χ2n) is 9.25. The number of likely N-dealkylation sites (tertiary alicyclic amines) is 1. The lowest BCUT2D eigenvalue weighted by Crippen LogP contribution is -2.63. The van der Waals surface area contributed by atoms with Crippen molar-refractivity contribution in [2.75, 3.05) is 20.2 Å². The van der Waals surface area contributed by atoms with Gasteiger partial charge in [0.15, 0.2) is 17.6 Å². The Bertz CT molecular complexity index is 949. The van der Waals surface area contributed by atoms with E-state index in [1.807, 2.05) is 6.20 Å². The van der Waals surface area contributed by atoms with Crippen LogP contribution in [0.2, 0.25) is 0 Å². The molecule has 1 spiro atoms. The Balaban J connectivity index is 1.46. The molecular formula is C22H25N3O2. The van der Waals surface area contributed by atoms with Gasteiger partial charge in [-0.15, -0.1) is 0 Å². The van der Waals surface area contributed by atoms with Gasteiger partial charge in [0.25, 0.3) is 0 Å². The molecule has 27 heavy (non-hydrogen) atoms. The van der Waals surface area contributed by atoms with E-state index in [-0.39, 0.29) is 11.5 Å². The van der Waals surface area contributed by atoms with Crippen LogP contribution < -0.4 is 9.47 Å². The lowest BCUT2D eigenvalue weighted by Gasteiger charge is -2.58. The van der Waals surface area contributed by atoms with Gasteiger partial charge >= 0.3 is 0 Å². The van der Waals surface area contributed by atoms with Crippen LogP contribution in [0.4, 0.5) is 0 Å². The fourth-order valence-corrected chi connectivity index (χ4v) is 6.77. The molecule has 2 bridgehead atoms. The first-order valence-electron chi connectivity index (χ1n) is 10.4. The third-order valence-electron chi connectivity index (χ3n) is 8.08. The Labute approximate surface area is 159 Å². The van der Waals surface area contributed by atoms with Crippen molar-refractivity contribution in [2.45, 2.75) is 49.7 Å². The van der Waals surface area contributed by atoms with Crippen LogP contribution in [-0.2, 0) is 18.3 Å². The first-order valence-corrected chi connectivity index (χ1v) is 10.4. The number of rotatable bonds is 3. The molecule has 0 amide bonds. The van der Waals surface area contributed by atoms with Crippen molar-refractivity contribution in [3.63, 3.8) is 0 Å². The predicted molar refractivity (Wildman–Crippen MR) is 100 cm³/mol. The van der Waals surface area contributed by atoms with Crippen molar-refractivity contribution in [3.8, 4) is 11.5 Å². The van der Waals surface area contributed by atoms with Gasteiger partial charge in [-0.05, 0) is 67.7 Å². The quantitative estimate of drug-likeness (QED) is 0.911. The molecule has 2 aromatic rings. The van der Waals surface area contributed by atoms with Crippen LogP contribution in [0, 0.1) is 11.8 Å². The summed E-state index contributed by atoms with van der Waals surface area (Å²) >= 11 is 0. The molecule has 1 saturated heterocycles. The Kier molecular flexibility index (Phi) is 2.70. The van der Waals surface area contributed by atoms with E-state index in [1.165, 1.54) is 54.7 Å². The molecule has 5 nitrogen and oxygen atoms in total. The van der Waals surface area contributed by atoms with Crippen molar-refractivity contribution in [1.82, 2.24) is 15.1 Å². The van der Waals surface area contributed by atoms with Crippen LogP contribution in [0.25, 0.3) is 0 Å². The second-order valence-corrected chi connectivity index (χ2v) is 9.25. The summed E-state index contributed by atoms with van der Waals surface area (Å²) in [4.78, 5) is 2.82. The molecule has 1 aromatic carbocycles. The summed E-state index contributed by atoms with van der Waals surface area (Å²) in [5.74, 6) is 3.44. The Morgan fingerprint density at radius 1 is 1.30 bits per heavy atom. The maximum Gasteiger partial charge on any atom is 0.166 e. The van der Waals surface area contributed by atoms with Gasteiger partial charge in [0.05, 0.1) is 19.0 Å². The van der Waals surface area contributed by atoms with Gasteiger partial charge in [0.2, 0.25) is 0 Å². The number of methoxy groups -OCH3 is 1. The van der Waals surface area contributed by atoms with E-state index in [1.54, 1.807) is 7.11 Å². The SMILES string of the molecule is COc1ccc2c3c1OC1c4[nH]ncc4CC4C(C2)N(CC2CC2)CCC314. The Morgan fingerprint density at radius 3 is 3.07 bits per heavy atom. The lowest BCUT2D eigenvalue weighted by atomic mass is 9.52. The highest BCUT2D eigenvalue weighted by molar-refractivity contribution is 5.62. The molecule has 140 valence electrons. The highest BCUT2D eigenvalue weighted by atomic mass is 16.5. The van der Waals surface area contributed by atoms with Crippen molar-refractivity contribution < 1.29 is 9.47 Å².